The third-order valence-corrected chi connectivity index (χ3v) is 4.86. The molecule has 1 saturated heterocycles. The van der Waals surface area contributed by atoms with Crippen molar-refractivity contribution in [2.45, 2.75) is 20.3 Å². The van der Waals surface area contributed by atoms with Crippen molar-refractivity contribution < 1.29 is 9.53 Å². The van der Waals surface area contributed by atoms with E-state index in [1.807, 2.05) is 31.2 Å². The van der Waals surface area contributed by atoms with Gasteiger partial charge in [-0.1, -0.05) is 24.3 Å². The summed E-state index contributed by atoms with van der Waals surface area (Å²) in [6, 6.07) is 16.2. The summed E-state index contributed by atoms with van der Waals surface area (Å²) in [6.07, 6.45) is 0.491. The second-order valence-electron chi connectivity index (χ2n) is 6.90. The van der Waals surface area contributed by atoms with Crippen LogP contribution in [0.2, 0.25) is 0 Å². The van der Waals surface area contributed by atoms with Gasteiger partial charge in [-0.15, -0.1) is 0 Å². The van der Waals surface area contributed by atoms with E-state index in [1.54, 1.807) is 0 Å². The van der Waals surface area contributed by atoms with Gasteiger partial charge in [-0.25, -0.2) is 0 Å². The molecule has 0 saturated carbocycles. The van der Waals surface area contributed by atoms with Gasteiger partial charge in [0.25, 0.3) is 0 Å². The molecule has 1 N–H and O–H groups in total. The van der Waals surface area contributed by atoms with Gasteiger partial charge in [0.05, 0.1) is 12.3 Å². The number of aryl methyl sites for hydroxylation is 1. The van der Waals surface area contributed by atoms with Crippen molar-refractivity contribution in [2.24, 2.45) is 0 Å². The number of hydrogen-bond acceptors (Lipinski definition) is 4. The van der Waals surface area contributed by atoms with Crippen molar-refractivity contribution in [3.8, 4) is 5.75 Å². The van der Waals surface area contributed by atoms with Crippen molar-refractivity contribution in [1.29, 1.82) is 0 Å². The first kappa shape index (κ1) is 19.2. The Hall–Kier alpha value is -2.53. The van der Waals surface area contributed by atoms with Crippen LogP contribution in [0.1, 0.15) is 18.9 Å². The molecule has 0 spiro atoms. The highest BCUT2D eigenvalue weighted by Gasteiger charge is 2.18. The minimum Gasteiger partial charge on any atom is -0.492 e. The molecule has 3 rings (SSSR count). The SMILES string of the molecule is CCOc1ccccc1NC(=O)CCN1CCN(c2cccc(C)c2)CC1. The molecular formula is C22H29N3O2. The zero-order valence-corrected chi connectivity index (χ0v) is 16.3. The first-order valence-corrected chi connectivity index (χ1v) is 9.71. The molecule has 1 aliphatic heterocycles. The molecule has 1 amide bonds. The van der Waals surface area contributed by atoms with Gasteiger partial charge in [0.1, 0.15) is 5.75 Å². The maximum absolute atomic E-state index is 12.3. The average molecular weight is 367 g/mol. The molecule has 1 heterocycles. The van der Waals surface area contributed by atoms with Crippen LogP contribution in [0.3, 0.4) is 0 Å². The number of carbonyl (C=O) groups excluding carboxylic acids is 1. The Balaban J connectivity index is 1.44. The van der Waals surface area contributed by atoms with Gasteiger partial charge < -0.3 is 15.0 Å². The highest BCUT2D eigenvalue weighted by Crippen LogP contribution is 2.24. The van der Waals surface area contributed by atoms with Crippen LogP contribution in [0.5, 0.6) is 5.75 Å². The Morgan fingerprint density at radius 2 is 1.85 bits per heavy atom. The lowest BCUT2D eigenvalue weighted by atomic mass is 10.2. The van der Waals surface area contributed by atoms with Crippen LogP contribution in [-0.4, -0.2) is 50.1 Å². The van der Waals surface area contributed by atoms with E-state index in [9.17, 15) is 4.79 Å². The molecule has 0 atom stereocenters. The van der Waals surface area contributed by atoms with Crippen molar-refractivity contribution in [1.82, 2.24) is 4.90 Å². The molecule has 0 aliphatic carbocycles. The topological polar surface area (TPSA) is 44.8 Å². The Kier molecular flexibility index (Phi) is 6.71. The highest BCUT2D eigenvalue weighted by atomic mass is 16.5. The fraction of sp³-hybridized carbons (Fsp3) is 0.409. The van der Waals surface area contributed by atoms with Gasteiger partial charge in [-0.2, -0.15) is 0 Å². The van der Waals surface area contributed by atoms with Crippen LogP contribution < -0.4 is 15.0 Å². The van der Waals surface area contributed by atoms with Crippen LogP contribution in [-0.2, 0) is 4.79 Å². The van der Waals surface area contributed by atoms with E-state index < -0.39 is 0 Å². The van der Waals surface area contributed by atoms with Crippen LogP contribution in [0, 0.1) is 6.92 Å². The zero-order chi connectivity index (χ0) is 19.1. The van der Waals surface area contributed by atoms with Gasteiger partial charge in [0.15, 0.2) is 0 Å². The first-order valence-electron chi connectivity index (χ1n) is 9.71. The van der Waals surface area contributed by atoms with E-state index in [1.165, 1.54) is 11.3 Å². The van der Waals surface area contributed by atoms with Gasteiger partial charge >= 0.3 is 0 Å². The lowest BCUT2D eigenvalue weighted by Gasteiger charge is -2.36. The smallest absolute Gasteiger partial charge is 0.225 e. The standard InChI is InChI=1S/C22H29N3O2/c1-3-27-21-10-5-4-9-20(21)23-22(26)11-12-24-13-15-25(16-14-24)19-8-6-7-18(2)17-19/h4-10,17H,3,11-16H2,1-2H3,(H,23,26). The van der Waals surface area contributed by atoms with E-state index in [2.05, 4.69) is 46.3 Å². The normalized spacial score (nSPS) is 14.8. The Morgan fingerprint density at radius 3 is 2.59 bits per heavy atom. The van der Waals surface area contributed by atoms with E-state index in [4.69, 9.17) is 4.74 Å². The number of ether oxygens (including phenoxy) is 1. The summed E-state index contributed by atoms with van der Waals surface area (Å²) in [6.45, 7) is 9.39. The third kappa shape index (κ3) is 5.47. The molecular weight excluding hydrogens is 338 g/mol. The van der Waals surface area contributed by atoms with Crippen LogP contribution in [0.25, 0.3) is 0 Å². The van der Waals surface area contributed by atoms with Crippen LogP contribution in [0.15, 0.2) is 48.5 Å². The van der Waals surface area contributed by atoms with Gasteiger partial charge in [0, 0.05) is 44.8 Å². The lowest BCUT2D eigenvalue weighted by molar-refractivity contribution is -0.116. The lowest BCUT2D eigenvalue weighted by Crippen LogP contribution is -2.47. The number of hydrogen-bond donors (Lipinski definition) is 1. The number of para-hydroxylation sites is 2. The molecule has 1 aliphatic rings. The van der Waals surface area contributed by atoms with Crippen molar-refractivity contribution in [3.05, 3.63) is 54.1 Å². The zero-order valence-electron chi connectivity index (χ0n) is 16.3. The summed E-state index contributed by atoms with van der Waals surface area (Å²) in [5.41, 5.74) is 3.33. The fourth-order valence-corrected chi connectivity index (χ4v) is 3.38. The summed E-state index contributed by atoms with van der Waals surface area (Å²) in [5.74, 6) is 0.753. The molecule has 0 radical (unpaired) electrons. The largest absolute Gasteiger partial charge is 0.492 e. The number of amides is 1. The van der Waals surface area contributed by atoms with E-state index in [-0.39, 0.29) is 5.91 Å². The highest BCUT2D eigenvalue weighted by molar-refractivity contribution is 5.92. The molecule has 27 heavy (non-hydrogen) atoms. The predicted octanol–water partition coefficient (Wildman–Crippen LogP) is 3.54. The first-order chi connectivity index (χ1) is 13.2. The van der Waals surface area contributed by atoms with Crippen molar-refractivity contribution in [2.75, 3.05) is 49.5 Å². The second kappa shape index (κ2) is 9.42. The maximum atomic E-state index is 12.3. The molecule has 2 aromatic rings. The van der Waals surface area contributed by atoms with E-state index in [0.29, 0.717) is 13.0 Å². The van der Waals surface area contributed by atoms with E-state index >= 15 is 0 Å². The van der Waals surface area contributed by atoms with Crippen LogP contribution in [0.4, 0.5) is 11.4 Å². The molecule has 0 unspecified atom stereocenters. The Labute approximate surface area is 161 Å². The molecule has 5 nitrogen and oxygen atoms in total. The number of carbonyl (C=O) groups is 1. The summed E-state index contributed by atoms with van der Waals surface area (Å²) >= 11 is 0. The number of piperazine rings is 1. The monoisotopic (exact) mass is 367 g/mol. The number of rotatable bonds is 7. The third-order valence-electron chi connectivity index (χ3n) is 4.86. The molecule has 0 bridgehead atoms. The summed E-state index contributed by atoms with van der Waals surface area (Å²) in [7, 11) is 0. The van der Waals surface area contributed by atoms with Crippen LogP contribution >= 0.6 is 0 Å². The summed E-state index contributed by atoms with van der Waals surface area (Å²) < 4.78 is 5.56. The second-order valence-corrected chi connectivity index (χ2v) is 6.90. The number of nitrogens with zero attached hydrogens (tertiary/aromatic N) is 2. The molecule has 5 heteroatoms. The van der Waals surface area contributed by atoms with Crippen molar-refractivity contribution >= 4 is 17.3 Å². The molecule has 1 fully saturated rings. The molecule has 2 aromatic carbocycles. The van der Waals surface area contributed by atoms with E-state index in [0.717, 1.165) is 44.2 Å². The summed E-state index contributed by atoms with van der Waals surface area (Å²) in [4.78, 5) is 17.1. The fourth-order valence-electron chi connectivity index (χ4n) is 3.38. The number of anilines is 2. The van der Waals surface area contributed by atoms with Gasteiger partial charge in [-0.05, 0) is 43.7 Å². The quantitative estimate of drug-likeness (QED) is 0.813. The van der Waals surface area contributed by atoms with Gasteiger partial charge in [-0.3, -0.25) is 9.69 Å². The predicted molar refractivity (Wildman–Crippen MR) is 111 cm³/mol. The minimum atomic E-state index is 0.0308. The van der Waals surface area contributed by atoms with Crippen molar-refractivity contribution in [3.63, 3.8) is 0 Å². The Morgan fingerprint density at radius 1 is 1.07 bits per heavy atom. The molecule has 0 aromatic heterocycles. The number of benzene rings is 2. The molecule has 144 valence electrons. The maximum Gasteiger partial charge on any atom is 0.225 e. The Bertz CT molecular complexity index is 755. The number of nitrogens with one attached hydrogen (secondary N) is 1. The average Bonchev–Trinajstić information content (AvgIpc) is 2.68. The van der Waals surface area contributed by atoms with Gasteiger partial charge in [0.2, 0.25) is 5.91 Å². The summed E-state index contributed by atoms with van der Waals surface area (Å²) in [5, 5.41) is 2.97. The minimum absolute atomic E-state index is 0.0308.